The summed E-state index contributed by atoms with van der Waals surface area (Å²) in [6.45, 7) is 0. The first-order chi connectivity index (χ1) is 12.1. The second-order valence-electron chi connectivity index (χ2n) is 5.04. The molecule has 0 unspecified atom stereocenters. The molecule has 0 fully saturated rings. The van der Waals surface area contributed by atoms with E-state index in [0.717, 1.165) is 42.2 Å². The fourth-order valence-electron chi connectivity index (χ4n) is 2.60. The molecule has 4 nitrogen and oxygen atoms in total. The van der Waals surface area contributed by atoms with Gasteiger partial charge >= 0.3 is 0 Å². The van der Waals surface area contributed by atoms with E-state index in [1.54, 1.807) is 26.0 Å². The maximum Gasteiger partial charge on any atom is 0.182 e. The van der Waals surface area contributed by atoms with E-state index in [-0.39, 0.29) is 0 Å². The lowest BCUT2D eigenvalue weighted by Gasteiger charge is -2.12. The standard InChI is InChI=1S/C18H15Br2NO3S/c1-22-14-6-4-5-11(18(14)25-3)16-15(21-9-24-16)10-7-12(19)17(23-2)13(20)8-10/h4-9H,1-3H3. The van der Waals surface area contributed by atoms with Gasteiger partial charge in [-0.15, -0.1) is 11.8 Å². The van der Waals surface area contributed by atoms with Crippen LogP contribution in [0.1, 0.15) is 0 Å². The van der Waals surface area contributed by atoms with Gasteiger partial charge in [0.2, 0.25) is 0 Å². The Bertz CT molecular complexity index is 888. The van der Waals surface area contributed by atoms with Gasteiger partial charge in [-0.05, 0) is 62.4 Å². The van der Waals surface area contributed by atoms with Gasteiger partial charge in [0.25, 0.3) is 0 Å². The van der Waals surface area contributed by atoms with Crippen LogP contribution in [0, 0.1) is 0 Å². The van der Waals surface area contributed by atoms with Gasteiger partial charge in [-0.1, -0.05) is 6.07 Å². The number of hydrogen-bond acceptors (Lipinski definition) is 5. The molecule has 3 aromatic rings. The largest absolute Gasteiger partial charge is 0.496 e. The van der Waals surface area contributed by atoms with Gasteiger partial charge in [0.05, 0.1) is 28.1 Å². The molecule has 1 aromatic heterocycles. The highest BCUT2D eigenvalue weighted by molar-refractivity contribution is 9.11. The second-order valence-corrected chi connectivity index (χ2v) is 7.57. The van der Waals surface area contributed by atoms with Crippen LogP contribution in [0.25, 0.3) is 22.6 Å². The van der Waals surface area contributed by atoms with Crippen LogP contribution >= 0.6 is 43.6 Å². The van der Waals surface area contributed by atoms with Crippen molar-refractivity contribution in [3.63, 3.8) is 0 Å². The summed E-state index contributed by atoms with van der Waals surface area (Å²) < 4.78 is 18.3. The molecule has 0 bridgehead atoms. The minimum absolute atomic E-state index is 0.701. The number of halogens is 2. The lowest BCUT2D eigenvalue weighted by molar-refractivity contribution is 0.405. The maximum atomic E-state index is 5.74. The van der Waals surface area contributed by atoms with E-state index in [2.05, 4.69) is 36.8 Å². The quantitative estimate of drug-likeness (QED) is 0.399. The van der Waals surface area contributed by atoms with Gasteiger partial charge < -0.3 is 13.9 Å². The van der Waals surface area contributed by atoms with Crippen LogP contribution in [-0.4, -0.2) is 25.5 Å². The lowest BCUT2D eigenvalue weighted by Crippen LogP contribution is -1.91. The van der Waals surface area contributed by atoms with Crippen LogP contribution in [0.4, 0.5) is 0 Å². The third kappa shape index (κ3) is 3.45. The van der Waals surface area contributed by atoms with E-state index in [9.17, 15) is 0 Å². The molecule has 0 saturated carbocycles. The molecule has 3 rings (SSSR count). The molecule has 0 aliphatic rings. The third-order valence-corrected chi connectivity index (χ3v) is 5.70. The Morgan fingerprint density at radius 1 is 1.08 bits per heavy atom. The van der Waals surface area contributed by atoms with Gasteiger partial charge in [0.1, 0.15) is 17.2 Å². The highest BCUT2D eigenvalue weighted by Crippen LogP contribution is 2.43. The molecule has 0 radical (unpaired) electrons. The maximum absolute atomic E-state index is 5.74. The van der Waals surface area contributed by atoms with E-state index in [1.165, 1.54) is 6.39 Å². The zero-order chi connectivity index (χ0) is 18.0. The van der Waals surface area contributed by atoms with Crippen LogP contribution in [0.3, 0.4) is 0 Å². The molecule has 130 valence electrons. The molecular weight excluding hydrogens is 470 g/mol. The Kier molecular flexibility index (Phi) is 5.76. The predicted molar refractivity (Wildman–Crippen MR) is 108 cm³/mol. The Morgan fingerprint density at radius 2 is 1.80 bits per heavy atom. The molecule has 0 aliphatic heterocycles. The van der Waals surface area contributed by atoms with Crippen LogP contribution in [0.15, 0.2) is 55.0 Å². The molecule has 0 amide bonds. The molecule has 0 atom stereocenters. The van der Waals surface area contributed by atoms with Gasteiger partial charge in [-0.25, -0.2) is 4.98 Å². The van der Waals surface area contributed by atoms with Crippen LogP contribution < -0.4 is 9.47 Å². The van der Waals surface area contributed by atoms with Gasteiger partial charge in [-0.2, -0.15) is 0 Å². The number of ether oxygens (including phenoxy) is 2. The molecule has 2 aromatic carbocycles. The van der Waals surface area contributed by atoms with Crippen molar-refractivity contribution in [2.75, 3.05) is 20.5 Å². The predicted octanol–water partition coefficient (Wildman–Crippen LogP) is 6.27. The highest BCUT2D eigenvalue weighted by atomic mass is 79.9. The number of hydrogen-bond donors (Lipinski definition) is 0. The minimum Gasteiger partial charge on any atom is -0.496 e. The van der Waals surface area contributed by atoms with Crippen molar-refractivity contribution in [3.8, 4) is 34.1 Å². The minimum atomic E-state index is 0.701. The van der Waals surface area contributed by atoms with E-state index < -0.39 is 0 Å². The lowest BCUT2D eigenvalue weighted by atomic mass is 10.1. The molecule has 7 heteroatoms. The molecule has 0 N–H and O–H groups in total. The normalized spacial score (nSPS) is 10.8. The summed E-state index contributed by atoms with van der Waals surface area (Å²) >= 11 is 8.69. The molecule has 0 aliphatic carbocycles. The molecule has 1 heterocycles. The van der Waals surface area contributed by atoms with Crippen LogP contribution in [0.5, 0.6) is 11.5 Å². The Morgan fingerprint density at radius 3 is 2.40 bits per heavy atom. The average molecular weight is 485 g/mol. The average Bonchev–Trinajstić information content (AvgIpc) is 3.10. The SMILES string of the molecule is COc1cccc(-c2ocnc2-c2cc(Br)c(OC)c(Br)c2)c1SC. The zero-order valence-electron chi connectivity index (χ0n) is 13.8. The fraction of sp³-hybridized carbons (Fsp3) is 0.167. The van der Waals surface area contributed by atoms with E-state index in [1.807, 2.05) is 36.6 Å². The number of aromatic nitrogens is 1. The number of methoxy groups -OCH3 is 2. The summed E-state index contributed by atoms with van der Waals surface area (Å²) in [5, 5.41) is 0. The molecule has 0 saturated heterocycles. The van der Waals surface area contributed by atoms with Crippen molar-refractivity contribution in [1.29, 1.82) is 0 Å². The smallest absolute Gasteiger partial charge is 0.182 e. The monoisotopic (exact) mass is 483 g/mol. The van der Waals surface area contributed by atoms with E-state index >= 15 is 0 Å². The topological polar surface area (TPSA) is 44.5 Å². The third-order valence-electron chi connectivity index (χ3n) is 3.69. The van der Waals surface area contributed by atoms with Crippen LogP contribution in [-0.2, 0) is 0 Å². The number of nitrogens with zero attached hydrogens (tertiary/aromatic N) is 1. The van der Waals surface area contributed by atoms with Crippen molar-refractivity contribution in [3.05, 3.63) is 45.7 Å². The highest BCUT2D eigenvalue weighted by Gasteiger charge is 2.20. The summed E-state index contributed by atoms with van der Waals surface area (Å²) in [4.78, 5) is 5.44. The van der Waals surface area contributed by atoms with Crippen molar-refractivity contribution < 1.29 is 13.9 Å². The van der Waals surface area contributed by atoms with Crippen LogP contribution in [0.2, 0.25) is 0 Å². The number of rotatable bonds is 5. The van der Waals surface area contributed by atoms with E-state index in [0.29, 0.717) is 5.76 Å². The molecular formula is C18H15Br2NO3S. The molecule has 0 spiro atoms. The molecule has 25 heavy (non-hydrogen) atoms. The zero-order valence-corrected chi connectivity index (χ0v) is 17.8. The first-order valence-electron chi connectivity index (χ1n) is 7.29. The second kappa shape index (κ2) is 7.85. The number of thioether (sulfide) groups is 1. The summed E-state index contributed by atoms with van der Waals surface area (Å²) in [7, 11) is 3.30. The fourth-order valence-corrected chi connectivity index (χ4v) is 4.84. The summed E-state index contributed by atoms with van der Waals surface area (Å²) in [5.41, 5.74) is 2.62. The van der Waals surface area contributed by atoms with Crippen molar-refractivity contribution in [2.45, 2.75) is 4.90 Å². The Hall–Kier alpha value is -1.44. The van der Waals surface area contributed by atoms with Crippen molar-refractivity contribution >= 4 is 43.6 Å². The van der Waals surface area contributed by atoms with Gasteiger partial charge in [0.15, 0.2) is 12.2 Å². The first-order valence-corrected chi connectivity index (χ1v) is 10.1. The van der Waals surface area contributed by atoms with Gasteiger partial charge in [0, 0.05) is 11.1 Å². The van der Waals surface area contributed by atoms with Crippen molar-refractivity contribution in [2.24, 2.45) is 0 Å². The summed E-state index contributed by atoms with van der Waals surface area (Å²) in [5.74, 6) is 2.25. The van der Waals surface area contributed by atoms with Crippen molar-refractivity contribution in [1.82, 2.24) is 4.98 Å². The van der Waals surface area contributed by atoms with E-state index in [4.69, 9.17) is 13.9 Å². The Labute approximate surface area is 167 Å². The summed E-state index contributed by atoms with van der Waals surface area (Å²) in [6, 6.07) is 9.81. The summed E-state index contributed by atoms with van der Waals surface area (Å²) in [6.07, 6.45) is 3.47. The van der Waals surface area contributed by atoms with Gasteiger partial charge in [-0.3, -0.25) is 0 Å². The first kappa shape index (κ1) is 18.4. The Balaban J connectivity index is 2.18. The number of benzene rings is 2. The number of oxazole rings is 1.